The number of ether oxygens (including phenoxy) is 1. The summed E-state index contributed by atoms with van der Waals surface area (Å²) in [6.07, 6.45) is 5.13. The second kappa shape index (κ2) is 6.47. The Morgan fingerprint density at radius 2 is 1.75 bits per heavy atom. The lowest BCUT2D eigenvalue weighted by Gasteiger charge is -2.23. The van der Waals surface area contributed by atoms with Crippen LogP contribution in [-0.4, -0.2) is 13.2 Å². The Kier molecular flexibility index (Phi) is 6.45. The quantitative estimate of drug-likeness (QED) is 0.533. The third kappa shape index (κ3) is 6.66. The van der Waals surface area contributed by atoms with Crippen molar-refractivity contribution in [1.29, 1.82) is 0 Å². The van der Waals surface area contributed by atoms with Crippen molar-refractivity contribution in [2.45, 2.75) is 53.4 Å². The van der Waals surface area contributed by atoms with E-state index in [0.717, 1.165) is 13.2 Å². The van der Waals surface area contributed by atoms with Gasteiger partial charge in [-0.05, 0) is 31.6 Å². The maximum Gasteiger partial charge on any atom is 0.0466 e. The van der Waals surface area contributed by atoms with Crippen molar-refractivity contribution in [1.82, 2.24) is 0 Å². The van der Waals surface area contributed by atoms with Crippen LogP contribution in [0.15, 0.2) is 0 Å². The second-order valence-corrected chi connectivity index (χ2v) is 4.21. The molecule has 0 radical (unpaired) electrons. The number of hydrogen-bond donors (Lipinski definition) is 0. The standard InChI is InChI=1S/C11H24O/c1-5-8-11(3,4)9-7-10-12-6-2/h5-10H2,1-4H3. The summed E-state index contributed by atoms with van der Waals surface area (Å²) in [5.74, 6) is 0. The molecule has 0 aromatic heterocycles. The van der Waals surface area contributed by atoms with Crippen LogP contribution in [-0.2, 0) is 4.74 Å². The summed E-state index contributed by atoms with van der Waals surface area (Å²) in [5, 5.41) is 0. The highest BCUT2D eigenvalue weighted by atomic mass is 16.5. The van der Waals surface area contributed by atoms with Gasteiger partial charge in [-0.1, -0.05) is 27.2 Å². The van der Waals surface area contributed by atoms with Gasteiger partial charge in [0.1, 0.15) is 0 Å². The lowest BCUT2D eigenvalue weighted by atomic mass is 9.83. The highest BCUT2D eigenvalue weighted by Gasteiger charge is 2.15. The molecule has 0 aliphatic heterocycles. The van der Waals surface area contributed by atoms with E-state index in [9.17, 15) is 0 Å². The highest BCUT2D eigenvalue weighted by Crippen LogP contribution is 2.27. The van der Waals surface area contributed by atoms with Crippen LogP contribution in [0.5, 0.6) is 0 Å². The van der Waals surface area contributed by atoms with Crippen molar-refractivity contribution in [3.8, 4) is 0 Å². The van der Waals surface area contributed by atoms with Gasteiger partial charge in [0.05, 0.1) is 0 Å². The van der Waals surface area contributed by atoms with Gasteiger partial charge >= 0.3 is 0 Å². The minimum absolute atomic E-state index is 0.520. The molecule has 0 atom stereocenters. The van der Waals surface area contributed by atoms with E-state index in [1.165, 1.54) is 25.7 Å². The van der Waals surface area contributed by atoms with Gasteiger partial charge in [-0.3, -0.25) is 0 Å². The molecule has 12 heavy (non-hydrogen) atoms. The first-order valence-corrected chi connectivity index (χ1v) is 5.20. The summed E-state index contributed by atoms with van der Waals surface area (Å²) in [5.41, 5.74) is 0.520. The van der Waals surface area contributed by atoms with E-state index < -0.39 is 0 Å². The lowest BCUT2D eigenvalue weighted by Crippen LogP contribution is -2.11. The van der Waals surface area contributed by atoms with Crippen LogP contribution < -0.4 is 0 Å². The maximum absolute atomic E-state index is 5.31. The van der Waals surface area contributed by atoms with Gasteiger partial charge in [-0.25, -0.2) is 0 Å². The fourth-order valence-corrected chi connectivity index (χ4v) is 1.60. The molecule has 0 saturated heterocycles. The van der Waals surface area contributed by atoms with E-state index in [1.807, 2.05) is 0 Å². The van der Waals surface area contributed by atoms with Gasteiger partial charge < -0.3 is 4.74 Å². The third-order valence-corrected chi connectivity index (χ3v) is 2.27. The molecule has 74 valence electrons. The van der Waals surface area contributed by atoms with E-state index in [0.29, 0.717) is 5.41 Å². The fraction of sp³-hybridized carbons (Fsp3) is 1.00. The Morgan fingerprint density at radius 1 is 1.08 bits per heavy atom. The van der Waals surface area contributed by atoms with Gasteiger partial charge in [0.25, 0.3) is 0 Å². The predicted octanol–water partition coefficient (Wildman–Crippen LogP) is 3.63. The smallest absolute Gasteiger partial charge is 0.0466 e. The van der Waals surface area contributed by atoms with Crippen LogP contribution in [0.2, 0.25) is 0 Å². The van der Waals surface area contributed by atoms with Crippen molar-refractivity contribution >= 4 is 0 Å². The Labute approximate surface area is 77.5 Å². The molecular formula is C11H24O. The second-order valence-electron chi connectivity index (χ2n) is 4.21. The van der Waals surface area contributed by atoms with Crippen LogP contribution in [0.1, 0.15) is 53.4 Å². The van der Waals surface area contributed by atoms with Gasteiger partial charge in [0.2, 0.25) is 0 Å². The molecule has 0 aromatic carbocycles. The summed E-state index contributed by atoms with van der Waals surface area (Å²) >= 11 is 0. The Bertz CT molecular complexity index is 97.2. The highest BCUT2D eigenvalue weighted by molar-refractivity contribution is 4.67. The number of rotatable bonds is 7. The molecular weight excluding hydrogens is 148 g/mol. The minimum Gasteiger partial charge on any atom is -0.382 e. The molecule has 0 fully saturated rings. The van der Waals surface area contributed by atoms with Gasteiger partial charge in [-0.2, -0.15) is 0 Å². The van der Waals surface area contributed by atoms with Gasteiger partial charge in [0.15, 0.2) is 0 Å². The molecule has 1 heteroatoms. The zero-order valence-electron chi connectivity index (χ0n) is 9.15. The molecule has 0 rings (SSSR count). The first-order valence-electron chi connectivity index (χ1n) is 5.20. The Hall–Kier alpha value is -0.0400. The molecule has 0 saturated carbocycles. The average molecular weight is 172 g/mol. The maximum atomic E-state index is 5.31. The summed E-state index contributed by atoms with van der Waals surface area (Å²) in [7, 11) is 0. The predicted molar refractivity (Wildman–Crippen MR) is 54.4 cm³/mol. The average Bonchev–Trinajstić information content (AvgIpc) is 1.98. The minimum atomic E-state index is 0.520. The van der Waals surface area contributed by atoms with Crippen molar-refractivity contribution < 1.29 is 4.74 Å². The molecule has 0 heterocycles. The monoisotopic (exact) mass is 172 g/mol. The molecule has 0 N–H and O–H groups in total. The van der Waals surface area contributed by atoms with Crippen LogP contribution in [0.25, 0.3) is 0 Å². The lowest BCUT2D eigenvalue weighted by molar-refractivity contribution is 0.131. The van der Waals surface area contributed by atoms with Crippen LogP contribution in [0.4, 0.5) is 0 Å². The summed E-state index contributed by atoms with van der Waals surface area (Å²) in [6, 6.07) is 0. The van der Waals surface area contributed by atoms with E-state index in [1.54, 1.807) is 0 Å². The molecule has 0 aliphatic rings. The van der Waals surface area contributed by atoms with Crippen molar-refractivity contribution in [3.63, 3.8) is 0 Å². The van der Waals surface area contributed by atoms with Gasteiger partial charge in [-0.15, -0.1) is 0 Å². The van der Waals surface area contributed by atoms with E-state index in [2.05, 4.69) is 27.7 Å². The van der Waals surface area contributed by atoms with E-state index in [4.69, 9.17) is 4.74 Å². The van der Waals surface area contributed by atoms with Crippen molar-refractivity contribution in [3.05, 3.63) is 0 Å². The first-order chi connectivity index (χ1) is 5.62. The topological polar surface area (TPSA) is 9.23 Å². The van der Waals surface area contributed by atoms with Crippen molar-refractivity contribution in [2.24, 2.45) is 5.41 Å². The molecule has 0 amide bonds. The van der Waals surface area contributed by atoms with Crippen molar-refractivity contribution in [2.75, 3.05) is 13.2 Å². The van der Waals surface area contributed by atoms with E-state index in [-0.39, 0.29) is 0 Å². The molecule has 0 bridgehead atoms. The Balaban J connectivity index is 3.33. The zero-order valence-corrected chi connectivity index (χ0v) is 9.15. The summed E-state index contributed by atoms with van der Waals surface area (Å²) in [6.45, 7) is 10.8. The van der Waals surface area contributed by atoms with Crippen LogP contribution in [0, 0.1) is 5.41 Å². The van der Waals surface area contributed by atoms with Gasteiger partial charge in [0, 0.05) is 13.2 Å². The molecule has 1 nitrogen and oxygen atoms in total. The largest absolute Gasteiger partial charge is 0.382 e. The molecule has 0 aliphatic carbocycles. The molecule has 0 unspecified atom stereocenters. The zero-order chi connectivity index (χ0) is 9.45. The fourth-order valence-electron chi connectivity index (χ4n) is 1.60. The number of hydrogen-bond acceptors (Lipinski definition) is 1. The third-order valence-electron chi connectivity index (χ3n) is 2.27. The SMILES string of the molecule is CCCC(C)(C)CCCOCC. The van der Waals surface area contributed by atoms with Crippen LogP contribution >= 0.6 is 0 Å². The summed E-state index contributed by atoms with van der Waals surface area (Å²) < 4.78 is 5.31. The van der Waals surface area contributed by atoms with E-state index >= 15 is 0 Å². The van der Waals surface area contributed by atoms with Crippen LogP contribution in [0.3, 0.4) is 0 Å². The first kappa shape index (κ1) is 12.0. The summed E-state index contributed by atoms with van der Waals surface area (Å²) in [4.78, 5) is 0. The molecule has 0 spiro atoms. The molecule has 0 aromatic rings. The Morgan fingerprint density at radius 3 is 2.25 bits per heavy atom. The normalized spacial score (nSPS) is 12.0.